The van der Waals surface area contributed by atoms with Crippen molar-refractivity contribution in [1.82, 2.24) is 5.32 Å². The van der Waals surface area contributed by atoms with Crippen LogP contribution >= 0.6 is 0 Å². The summed E-state index contributed by atoms with van der Waals surface area (Å²) in [7, 11) is 1.90. The van der Waals surface area contributed by atoms with E-state index >= 15 is 0 Å². The summed E-state index contributed by atoms with van der Waals surface area (Å²) in [5.74, 6) is -0.591. The average Bonchev–Trinajstić information content (AvgIpc) is 2.90. The van der Waals surface area contributed by atoms with Crippen LogP contribution in [0.25, 0.3) is 0 Å². The molecule has 5 heteroatoms. The van der Waals surface area contributed by atoms with E-state index in [1.807, 2.05) is 7.05 Å². The lowest BCUT2D eigenvalue weighted by molar-refractivity contribution is -0.197. The van der Waals surface area contributed by atoms with Crippen LogP contribution in [0.4, 0.5) is 4.39 Å². The Morgan fingerprint density at radius 1 is 1.30 bits per heavy atom. The first-order valence-corrected chi connectivity index (χ1v) is 7.09. The van der Waals surface area contributed by atoms with Crippen LogP contribution in [0.1, 0.15) is 19.3 Å². The van der Waals surface area contributed by atoms with Gasteiger partial charge in [-0.15, -0.1) is 0 Å². The molecule has 0 bridgehead atoms. The fourth-order valence-electron chi connectivity index (χ4n) is 3.03. The SMILES string of the molecule is CNC1CCC2(CC1Oc1ccccc1F)OCCO2. The molecule has 3 rings (SSSR count). The molecule has 1 aliphatic heterocycles. The van der Waals surface area contributed by atoms with Crippen LogP contribution in [-0.2, 0) is 9.47 Å². The molecule has 1 saturated heterocycles. The quantitative estimate of drug-likeness (QED) is 0.921. The minimum absolute atomic E-state index is 0.163. The fraction of sp³-hybridized carbons (Fsp3) is 0.600. The van der Waals surface area contributed by atoms with Crippen molar-refractivity contribution < 1.29 is 18.6 Å². The lowest BCUT2D eigenvalue weighted by Gasteiger charge is -2.40. The molecule has 1 N–H and O–H groups in total. The normalized spacial score (nSPS) is 28.7. The van der Waals surface area contributed by atoms with E-state index in [2.05, 4.69) is 5.32 Å². The molecule has 2 fully saturated rings. The van der Waals surface area contributed by atoms with Gasteiger partial charge in [-0.1, -0.05) is 12.1 Å². The second kappa shape index (κ2) is 5.68. The van der Waals surface area contributed by atoms with E-state index in [1.54, 1.807) is 18.2 Å². The maximum Gasteiger partial charge on any atom is 0.172 e. The topological polar surface area (TPSA) is 39.7 Å². The zero-order valence-electron chi connectivity index (χ0n) is 11.6. The molecule has 1 heterocycles. The van der Waals surface area contributed by atoms with Crippen molar-refractivity contribution in [3.05, 3.63) is 30.1 Å². The maximum atomic E-state index is 13.7. The number of halogens is 1. The van der Waals surface area contributed by atoms with Gasteiger partial charge in [0.05, 0.1) is 13.2 Å². The summed E-state index contributed by atoms with van der Waals surface area (Å²) in [5.41, 5.74) is 0. The number of hydrogen-bond donors (Lipinski definition) is 1. The molecule has 0 aromatic heterocycles. The number of hydrogen-bond acceptors (Lipinski definition) is 4. The molecule has 2 unspecified atom stereocenters. The number of nitrogens with one attached hydrogen (secondary N) is 1. The van der Waals surface area contributed by atoms with Gasteiger partial charge in [0, 0.05) is 18.9 Å². The maximum absolute atomic E-state index is 13.7. The van der Waals surface area contributed by atoms with Crippen LogP contribution in [0.15, 0.2) is 24.3 Å². The van der Waals surface area contributed by atoms with E-state index in [1.165, 1.54) is 6.07 Å². The highest BCUT2D eigenvalue weighted by atomic mass is 19.1. The van der Waals surface area contributed by atoms with Crippen LogP contribution in [-0.4, -0.2) is 38.2 Å². The molecule has 110 valence electrons. The standard InChI is InChI=1S/C15H20FNO3/c1-17-12-6-7-15(18-8-9-19-15)10-14(12)20-13-5-3-2-4-11(13)16/h2-5,12,14,17H,6-10H2,1H3. The summed E-state index contributed by atoms with van der Waals surface area (Å²) in [4.78, 5) is 0. The number of para-hydroxylation sites is 1. The van der Waals surface area contributed by atoms with Crippen molar-refractivity contribution in [1.29, 1.82) is 0 Å². The van der Waals surface area contributed by atoms with Gasteiger partial charge in [-0.05, 0) is 25.6 Å². The van der Waals surface area contributed by atoms with Gasteiger partial charge in [0.2, 0.25) is 0 Å². The number of rotatable bonds is 3. The van der Waals surface area contributed by atoms with Gasteiger partial charge in [0.25, 0.3) is 0 Å². The largest absolute Gasteiger partial charge is 0.486 e. The Hall–Kier alpha value is -1.17. The van der Waals surface area contributed by atoms with Gasteiger partial charge in [-0.3, -0.25) is 0 Å². The van der Waals surface area contributed by atoms with E-state index in [4.69, 9.17) is 14.2 Å². The molecular formula is C15H20FNO3. The molecule has 20 heavy (non-hydrogen) atoms. The Labute approximate surface area is 118 Å². The van der Waals surface area contributed by atoms with Gasteiger partial charge in [-0.25, -0.2) is 4.39 Å². The molecule has 0 radical (unpaired) electrons. The van der Waals surface area contributed by atoms with Crippen LogP contribution in [0, 0.1) is 5.82 Å². The lowest BCUT2D eigenvalue weighted by atomic mass is 9.87. The first-order valence-electron chi connectivity index (χ1n) is 7.09. The van der Waals surface area contributed by atoms with E-state index in [0.29, 0.717) is 19.6 Å². The second-order valence-electron chi connectivity index (χ2n) is 5.33. The Balaban J connectivity index is 1.76. The van der Waals surface area contributed by atoms with Crippen molar-refractivity contribution in [2.75, 3.05) is 20.3 Å². The summed E-state index contributed by atoms with van der Waals surface area (Å²) in [5, 5.41) is 3.24. The van der Waals surface area contributed by atoms with Crippen molar-refractivity contribution in [2.24, 2.45) is 0 Å². The number of likely N-dealkylation sites (N-methyl/N-ethyl adjacent to an activating group) is 1. The van der Waals surface area contributed by atoms with Crippen molar-refractivity contribution in [3.8, 4) is 5.75 Å². The molecular weight excluding hydrogens is 261 g/mol. The highest BCUT2D eigenvalue weighted by Gasteiger charge is 2.46. The minimum atomic E-state index is -0.538. The lowest BCUT2D eigenvalue weighted by Crippen LogP contribution is -2.52. The van der Waals surface area contributed by atoms with Crippen LogP contribution in [0.5, 0.6) is 5.75 Å². The average molecular weight is 281 g/mol. The Morgan fingerprint density at radius 2 is 2.05 bits per heavy atom. The van der Waals surface area contributed by atoms with E-state index < -0.39 is 5.79 Å². The predicted molar refractivity (Wildman–Crippen MR) is 72.1 cm³/mol. The first kappa shape index (κ1) is 13.8. The molecule has 1 aromatic carbocycles. The zero-order valence-corrected chi connectivity index (χ0v) is 11.6. The van der Waals surface area contributed by atoms with Gasteiger partial charge in [0.1, 0.15) is 6.10 Å². The van der Waals surface area contributed by atoms with Crippen LogP contribution in [0.3, 0.4) is 0 Å². The molecule has 2 aliphatic rings. The van der Waals surface area contributed by atoms with Crippen molar-refractivity contribution in [3.63, 3.8) is 0 Å². The van der Waals surface area contributed by atoms with E-state index in [0.717, 1.165) is 12.8 Å². The highest BCUT2D eigenvalue weighted by Crippen LogP contribution is 2.37. The molecule has 1 aromatic rings. The smallest absolute Gasteiger partial charge is 0.172 e. The summed E-state index contributed by atoms with van der Waals surface area (Å²) in [6.45, 7) is 1.24. The molecule has 1 saturated carbocycles. The summed E-state index contributed by atoms with van der Waals surface area (Å²) in [6.07, 6.45) is 2.18. The molecule has 2 atom stereocenters. The summed E-state index contributed by atoms with van der Waals surface area (Å²) >= 11 is 0. The summed E-state index contributed by atoms with van der Waals surface area (Å²) in [6, 6.07) is 6.66. The zero-order chi connectivity index (χ0) is 14.0. The van der Waals surface area contributed by atoms with Gasteiger partial charge >= 0.3 is 0 Å². The molecule has 4 nitrogen and oxygen atoms in total. The van der Waals surface area contributed by atoms with Gasteiger partial charge < -0.3 is 19.5 Å². The number of ether oxygens (including phenoxy) is 3. The first-order chi connectivity index (χ1) is 9.72. The second-order valence-corrected chi connectivity index (χ2v) is 5.33. The third-order valence-corrected chi connectivity index (χ3v) is 4.10. The number of benzene rings is 1. The van der Waals surface area contributed by atoms with E-state index in [9.17, 15) is 4.39 Å². The molecule has 1 aliphatic carbocycles. The molecule has 1 spiro atoms. The third-order valence-electron chi connectivity index (χ3n) is 4.10. The van der Waals surface area contributed by atoms with Crippen molar-refractivity contribution >= 4 is 0 Å². The Bertz CT molecular complexity index is 462. The van der Waals surface area contributed by atoms with Gasteiger partial charge in [0.15, 0.2) is 17.4 Å². The predicted octanol–water partition coefficient (Wildman–Crippen LogP) is 2.09. The monoisotopic (exact) mass is 281 g/mol. The van der Waals surface area contributed by atoms with Gasteiger partial charge in [-0.2, -0.15) is 0 Å². The third kappa shape index (κ3) is 2.66. The van der Waals surface area contributed by atoms with Crippen molar-refractivity contribution in [2.45, 2.75) is 37.2 Å². The van der Waals surface area contributed by atoms with E-state index in [-0.39, 0.29) is 23.7 Å². The Kier molecular flexibility index (Phi) is 3.92. The minimum Gasteiger partial charge on any atom is -0.486 e. The Morgan fingerprint density at radius 3 is 2.75 bits per heavy atom. The summed E-state index contributed by atoms with van der Waals surface area (Å²) < 4.78 is 31.1. The van der Waals surface area contributed by atoms with Crippen LogP contribution < -0.4 is 10.1 Å². The highest BCUT2D eigenvalue weighted by molar-refractivity contribution is 5.24. The fourth-order valence-corrected chi connectivity index (χ4v) is 3.03. The molecule has 0 amide bonds. The van der Waals surface area contributed by atoms with Crippen LogP contribution in [0.2, 0.25) is 0 Å².